The SMILES string of the molecule is Cc1cc(CC(F)(F)C(=O)O)ccc1Br. The summed E-state index contributed by atoms with van der Waals surface area (Å²) in [6.07, 6.45) is -0.781. The highest BCUT2D eigenvalue weighted by molar-refractivity contribution is 9.10. The van der Waals surface area contributed by atoms with E-state index < -0.39 is 18.3 Å². The lowest BCUT2D eigenvalue weighted by Gasteiger charge is -2.11. The quantitative estimate of drug-likeness (QED) is 0.923. The molecule has 0 saturated carbocycles. The minimum Gasteiger partial charge on any atom is -0.477 e. The Labute approximate surface area is 94.0 Å². The Morgan fingerprint density at radius 2 is 2.13 bits per heavy atom. The van der Waals surface area contributed by atoms with Gasteiger partial charge in [-0.05, 0) is 24.1 Å². The highest BCUT2D eigenvalue weighted by Crippen LogP contribution is 2.23. The van der Waals surface area contributed by atoms with Crippen LogP contribution >= 0.6 is 15.9 Å². The molecule has 0 amide bonds. The number of benzene rings is 1. The molecule has 0 atom stereocenters. The van der Waals surface area contributed by atoms with Crippen LogP contribution in [0.2, 0.25) is 0 Å². The number of aryl methyl sites for hydroxylation is 1. The third-order valence-corrected chi connectivity index (χ3v) is 2.85. The summed E-state index contributed by atoms with van der Waals surface area (Å²) in [5, 5.41) is 8.27. The number of alkyl halides is 2. The first-order valence-electron chi connectivity index (χ1n) is 4.19. The zero-order chi connectivity index (χ0) is 11.6. The Bertz CT molecular complexity index is 391. The zero-order valence-electron chi connectivity index (χ0n) is 7.93. The molecule has 0 fully saturated rings. The molecule has 1 aromatic carbocycles. The van der Waals surface area contributed by atoms with E-state index >= 15 is 0 Å². The zero-order valence-corrected chi connectivity index (χ0v) is 9.51. The van der Waals surface area contributed by atoms with Gasteiger partial charge in [-0.3, -0.25) is 0 Å². The molecule has 0 aromatic heterocycles. The Morgan fingerprint density at radius 1 is 1.53 bits per heavy atom. The first-order valence-corrected chi connectivity index (χ1v) is 4.98. The number of hydrogen-bond acceptors (Lipinski definition) is 1. The van der Waals surface area contributed by atoms with Crippen molar-refractivity contribution in [3.63, 3.8) is 0 Å². The highest BCUT2D eigenvalue weighted by atomic mass is 79.9. The minimum absolute atomic E-state index is 0.308. The van der Waals surface area contributed by atoms with Gasteiger partial charge in [0.2, 0.25) is 0 Å². The summed E-state index contributed by atoms with van der Waals surface area (Å²) in [5.41, 5.74) is 1.11. The van der Waals surface area contributed by atoms with Crippen molar-refractivity contribution < 1.29 is 18.7 Å². The number of hydrogen-bond donors (Lipinski definition) is 1. The second-order valence-electron chi connectivity index (χ2n) is 3.27. The summed E-state index contributed by atoms with van der Waals surface area (Å²) in [6.45, 7) is 1.76. The molecule has 1 N–H and O–H groups in total. The van der Waals surface area contributed by atoms with E-state index in [1.807, 2.05) is 0 Å². The van der Waals surface area contributed by atoms with Crippen molar-refractivity contribution in [3.05, 3.63) is 33.8 Å². The van der Waals surface area contributed by atoms with E-state index in [-0.39, 0.29) is 0 Å². The number of carboxylic acid groups (broad SMARTS) is 1. The summed E-state index contributed by atoms with van der Waals surface area (Å²) in [5.74, 6) is -5.80. The molecule has 0 saturated heterocycles. The second kappa shape index (κ2) is 4.26. The summed E-state index contributed by atoms with van der Waals surface area (Å²) in [7, 11) is 0. The average molecular weight is 279 g/mol. The van der Waals surface area contributed by atoms with Crippen LogP contribution < -0.4 is 0 Å². The third kappa shape index (κ3) is 2.99. The standard InChI is InChI=1S/C10H9BrF2O2/c1-6-4-7(2-3-8(6)11)5-10(12,13)9(14)15/h2-4H,5H2,1H3,(H,14,15). The lowest BCUT2D eigenvalue weighted by Crippen LogP contribution is -2.30. The fraction of sp³-hybridized carbons (Fsp3) is 0.300. The number of rotatable bonds is 3. The Kier molecular flexibility index (Phi) is 3.44. The highest BCUT2D eigenvalue weighted by Gasteiger charge is 2.38. The second-order valence-corrected chi connectivity index (χ2v) is 4.12. The van der Waals surface area contributed by atoms with Gasteiger partial charge < -0.3 is 5.11 Å². The molecule has 0 radical (unpaired) electrons. The fourth-order valence-corrected chi connectivity index (χ4v) is 1.40. The maximum atomic E-state index is 12.9. The van der Waals surface area contributed by atoms with Crippen molar-refractivity contribution in [3.8, 4) is 0 Å². The van der Waals surface area contributed by atoms with Crippen LogP contribution in [-0.2, 0) is 11.2 Å². The van der Waals surface area contributed by atoms with Gasteiger partial charge in [0.1, 0.15) is 0 Å². The number of aliphatic carboxylic acids is 1. The largest absolute Gasteiger partial charge is 0.477 e. The molecule has 0 aliphatic carbocycles. The van der Waals surface area contributed by atoms with E-state index in [1.165, 1.54) is 6.07 Å². The van der Waals surface area contributed by atoms with Crippen molar-refractivity contribution in [2.45, 2.75) is 19.3 Å². The summed E-state index contributed by atoms with van der Waals surface area (Å²) in [4.78, 5) is 10.2. The van der Waals surface area contributed by atoms with E-state index in [4.69, 9.17) is 5.11 Å². The number of carbonyl (C=O) groups is 1. The predicted molar refractivity (Wildman–Crippen MR) is 55.2 cm³/mol. The fourth-order valence-electron chi connectivity index (χ4n) is 1.15. The van der Waals surface area contributed by atoms with Gasteiger partial charge in [0.05, 0.1) is 0 Å². The molecule has 5 heteroatoms. The van der Waals surface area contributed by atoms with Gasteiger partial charge in [0.25, 0.3) is 0 Å². The number of carboxylic acids is 1. The summed E-state index contributed by atoms with van der Waals surface area (Å²) in [6, 6.07) is 4.65. The van der Waals surface area contributed by atoms with Crippen LogP contribution in [0.25, 0.3) is 0 Å². The molecule has 0 aliphatic rings. The van der Waals surface area contributed by atoms with E-state index in [0.717, 1.165) is 10.0 Å². The van der Waals surface area contributed by atoms with Crippen molar-refractivity contribution in [1.29, 1.82) is 0 Å². The maximum Gasteiger partial charge on any atom is 0.374 e. The molecule has 0 spiro atoms. The predicted octanol–water partition coefficient (Wildman–Crippen LogP) is 3.02. The molecule has 0 aliphatic heterocycles. The lowest BCUT2D eigenvalue weighted by molar-refractivity contribution is -0.164. The molecule has 0 unspecified atom stereocenters. The topological polar surface area (TPSA) is 37.3 Å². The van der Waals surface area contributed by atoms with Crippen LogP contribution in [0.15, 0.2) is 22.7 Å². The lowest BCUT2D eigenvalue weighted by atomic mass is 10.1. The van der Waals surface area contributed by atoms with Crippen molar-refractivity contribution in [2.24, 2.45) is 0 Å². The molecule has 15 heavy (non-hydrogen) atoms. The van der Waals surface area contributed by atoms with Crippen LogP contribution in [0.4, 0.5) is 8.78 Å². The van der Waals surface area contributed by atoms with Crippen LogP contribution in [0.1, 0.15) is 11.1 Å². The normalized spacial score (nSPS) is 11.5. The van der Waals surface area contributed by atoms with Crippen molar-refractivity contribution in [1.82, 2.24) is 0 Å². The van der Waals surface area contributed by atoms with Crippen LogP contribution in [0.3, 0.4) is 0 Å². The average Bonchev–Trinajstić information content (AvgIpc) is 2.10. The molecule has 0 heterocycles. The van der Waals surface area contributed by atoms with Crippen LogP contribution in [0.5, 0.6) is 0 Å². The smallest absolute Gasteiger partial charge is 0.374 e. The van der Waals surface area contributed by atoms with Gasteiger partial charge in [-0.25, -0.2) is 4.79 Å². The van der Waals surface area contributed by atoms with Crippen molar-refractivity contribution in [2.75, 3.05) is 0 Å². The molecule has 82 valence electrons. The minimum atomic E-state index is -3.71. The van der Waals surface area contributed by atoms with E-state index in [2.05, 4.69) is 15.9 Å². The molecular weight excluding hydrogens is 270 g/mol. The van der Waals surface area contributed by atoms with Gasteiger partial charge in [0.15, 0.2) is 0 Å². The first-order chi connectivity index (χ1) is 6.83. The van der Waals surface area contributed by atoms with E-state index in [0.29, 0.717) is 5.56 Å². The summed E-state index contributed by atoms with van der Waals surface area (Å²) >= 11 is 3.23. The van der Waals surface area contributed by atoms with Crippen LogP contribution in [-0.4, -0.2) is 17.0 Å². The van der Waals surface area contributed by atoms with Gasteiger partial charge in [-0.15, -0.1) is 0 Å². The van der Waals surface area contributed by atoms with Gasteiger partial charge in [-0.2, -0.15) is 8.78 Å². The molecule has 2 nitrogen and oxygen atoms in total. The maximum absolute atomic E-state index is 12.9. The van der Waals surface area contributed by atoms with Gasteiger partial charge >= 0.3 is 11.9 Å². The van der Waals surface area contributed by atoms with Crippen LogP contribution in [0, 0.1) is 6.92 Å². The Balaban J connectivity index is 2.91. The summed E-state index contributed by atoms with van der Waals surface area (Å²) < 4.78 is 26.5. The molecule has 0 bridgehead atoms. The Hall–Kier alpha value is -0.970. The number of halogens is 3. The monoisotopic (exact) mass is 278 g/mol. The van der Waals surface area contributed by atoms with E-state index in [1.54, 1.807) is 19.1 Å². The van der Waals surface area contributed by atoms with Gasteiger partial charge in [0, 0.05) is 10.9 Å². The van der Waals surface area contributed by atoms with E-state index in [9.17, 15) is 13.6 Å². The molecular formula is C10H9BrF2O2. The first kappa shape index (κ1) is 12.1. The van der Waals surface area contributed by atoms with Crippen molar-refractivity contribution >= 4 is 21.9 Å². The van der Waals surface area contributed by atoms with Gasteiger partial charge in [-0.1, -0.05) is 28.1 Å². The molecule has 1 rings (SSSR count). The molecule has 1 aromatic rings. The third-order valence-electron chi connectivity index (χ3n) is 1.96. The Morgan fingerprint density at radius 3 is 2.60 bits per heavy atom.